The van der Waals surface area contributed by atoms with Gasteiger partial charge in [-0.3, -0.25) is 4.21 Å². The predicted molar refractivity (Wildman–Crippen MR) is 81.8 cm³/mol. The molecule has 0 aliphatic rings. The Balaban J connectivity index is 2.52. The second kappa shape index (κ2) is 7.78. The molecule has 0 aromatic heterocycles. The molecule has 0 spiro atoms. The molecule has 1 rings (SSSR count). The summed E-state index contributed by atoms with van der Waals surface area (Å²) in [6.07, 6.45) is 1.60. The van der Waals surface area contributed by atoms with E-state index < -0.39 is 16.8 Å². The lowest BCUT2D eigenvalue weighted by molar-refractivity contribution is 0.0697. The zero-order chi connectivity index (χ0) is 16.0. The number of rotatable bonds is 6. The topological polar surface area (TPSA) is 86.7 Å². The molecule has 6 nitrogen and oxygen atoms in total. The summed E-state index contributed by atoms with van der Waals surface area (Å²) in [5.41, 5.74) is 1.05. The fourth-order valence-corrected chi connectivity index (χ4v) is 1.90. The van der Waals surface area contributed by atoms with Crippen LogP contribution in [0.5, 0.6) is 0 Å². The fraction of sp³-hybridized carbons (Fsp3) is 0.429. The maximum absolute atomic E-state index is 11.9. The third-order valence-electron chi connectivity index (χ3n) is 3.07. The van der Waals surface area contributed by atoms with Crippen molar-refractivity contribution < 1.29 is 18.9 Å². The monoisotopic (exact) mass is 312 g/mol. The number of carbonyl (C=O) groups is 2. The largest absolute Gasteiger partial charge is 0.478 e. The van der Waals surface area contributed by atoms with E-state index in [-0.39, 0.29) is 16.8 Å². The van der Waals surface area contributed by atoms with E-state index in [4.69, 9.17) is 5.11 Å². The van der Waals surface area contributed by atoms with Gasteiger partial charge in [0.2, 0.25) is 0 Å². The molecule has 1 aromatic rings. The third-order valence-corrected chi connectivity index (χ3v) is 4.37. The molecule has 1 aromatic carbocycles. The lowest BCUT2D eigenvalue weighted by atomic mass is 10.1. The van der Waals surface area contributed by atoms with Crippen molar-refractivity contribution in [2.45, 2.75) is 18.7 Å². The Bertz CT molecular complexity index is 530. The number of carbonyl (C=O) groups excluding carboxylic acids is 1. The van der Waals surface area contributed by atoms with Crippen molar-refractivity contribution in [3.8, 4) is 0 Å². The van der Waals surface area contributed by atoms with E-state index in [9.17, 15) is 13.8 Å². The number of nitrogens with zero attached hydrogens (tertiary/aromatic N) is 1. The standard InChI is InChI=1S/C14H20N2O4S/c1-10(21(3)20)8-15-14(19)16(2)9-11-4-6-12(7-5-11)13(17)18/h4-7,10H,8-9H2,1-3H3,(H,15,19)(H,17,18). The first-order valence-electron chi connectivity index (χ1n) is 6.44. The number of aromatic carboxylic acids is 1. The van der Waals surface area contributed by atoms with E-state index in [0.717, 1.165) is 5.56 Å². The molecule has 21 heavy (non-hydrogen) atoms. The highest BCUT2D eigenvalue weighted by molar-refractivity contribution is 7.84. The van der Waals surface area contributed by atoms with E-state index in [2.05, 4.69) is 5.32 Å². The zero-order valence-electron chi connectivity index (χ0n) is 12.3. The number of benzene rings is 1. The van der Waals surface area contributed by atoms with Gasteiger partial charge in [0, 0.05) is 42.4 Å². The van der Waals surface area contributed by atoms with Gasteiger partial charge in [-0.2, -0.15) is 0 Å². The number of amides is 2. The van der Waals surface area contributed by atoms with E-state index in [1.807, 2.05) is 0 Å². The second-order valence-corrected chi connectivity index (χ2v) is 6.66. The van der Waals surface area contributed by atoms with Gasteiger partial charge in [-0.1, -0.05) is 12.1 Å². The number of nitrogens with one attached hydrogen (secondary N) is 1. The van der Waals surface area contributed by atoms with Crippen molar-refractivity contribution in [1.29, 1.82) is 0 Å². The maximum atomic E-state index is 11.9. The molecule has 0 heterocycles. The van der Waals surface area contributed by atoms with Crippen LogP contribution < -0.4 is 5.32 Å². The minimum absolute atomic E-state index is 0.0998. The van der Waals surface area contributed by atoms with Gasteiger partial charge < -0.3 is 15.3 Å². The summed E-state index contributed by atoms with van der Waals surface area (Å²) in [6.45, 7) is 2.53. The molecule has 0 saturated carbocycles. The summed E-state index contributed by atoms with van der Waals surface area (Å²) in [7, 11) is 0.673. The number of carboxylic acid groups (broad SMARTS) is 1. The van der Waals surface area contributed by atoms with Crippen molar-refractivity contribution in [2.75, 3.05) is 19.8 Å². The van der Waals surface area contributed by atoms with Crippen LogP contribution in [-0.2, 0) is 17.3 Å². The van der Waals surface area contributed by atoms with Crippen LogP contribution in [0.3, 0.4) is 0 Å². The van der Waals surface area contributed by atoms with Crippen molar-refractivity contribution in [1.82, 2.24) is 10.2 Å². The Labute approximate surface area is 126 Å². The van der Waals surface area contributed by atoms with Crippen LogP contribution in [0.4, 0.5) is 4.79 Å². The predicted octanol–water partition coefficient (Wildman–Crippen LogP) is 1.29. The lowest BCUT2D eigenvalue weighted by Crippen LogP contribution is -2.40. The van der Waals surface area contributed by atoms with Gasteiger partial charge in [0.1, 0.15) is 0 Å². The summed E-state index contributed by atoms with van der Waals surface area (Å²) in [5.74, 6) is -0.978. The molecule has 2 atom stereocenters. The van der Waals surface area contributed by atoms with Gasteiger partial charge in [0.25, 0.3) is 0 Å². The summed E-state index contributed by atoms with van der Waals surface area (Å²) < 4.78 is 11.2. The van der Waals surface area contributed by atoms with Crippen molar-refractivity contribution in [2.24, 2.45) is 0 Å². The Morgan fingerprint density at radius 3 is 2.38 bits per heavy atom. The van der Waals surface area contributed by atoms with Gasteiger partial charge in [-0.15, -0.1) is 0 Å². The fourth-order valence-electron chi connectivity index (χ4n) is 1.58. The number of hydrogen-bond donors (Lipinski definition) is 2. The van der Waals surface area contributed by atoms with Gasteiger partial charge in [-0.25, -0.2) is 9.59 Å². The van der Waals surface area contributed by atoms with Crippen LogP contribution in [0.2, 0.25) is 0 Å². The van der Waals surface area contributed by atoms with Gasteiger partial charge in [-0.05, 0) is 24.6 Å². The molecule has 116 valence electrons. The van der Waals surface area contributed by atoms with Crippen LogP contribution in [0.1, 0.15) is 22.8 Å². The highest BCUT2D eigenvalue weighted by Gasteiger charge is 2.12. The summed E-state index contributed by atoms with van der Waals surface area (Å²) in [5, 5.41) is 11.4. The minimum atomic E-state index is -0.978. The first-order chi connectivity index (χ1) is 9.81. The summed E-state index contributed by atoms with van der Waals surface area (Å²) in [4.78, 5) is 24.1. The third kappa shape index (κ3) is 5.55. The molecular weight excluding hydrogens is 292 g/mol. The zero-order valence-corrected chi connectivity index (χ0v) is 13.1. The molecule has 0 fully saturated rings. The highest BCUT2D eigenvalue weighted by Crippen LogP contribution is 2.07. The number of urea groups is 1. The van der Waals surface area contributed by atoms with Crippen LogP contribution in [0.15, 0.2) is 24.3 Å². The first kappa shape index (κ1) is 17.2. The van der Waals surface area contributed by atoms with Crippen LogP contribution in [-0.4, -0.2) is 51.3 Å². The second-order valence-electron chi connectivity index (χ2n) is 4.85. The SMILES string of the molecule is CC(CNC(=O)N(C)Cc1ccc(C(=O)O)cc1)S(C)=O. The summed E-state index contributed by atoms with van der Waals surface area (Å²) >= 11 is 0. The van der Waals surface area contributed by atoms with Gasteiger partial charge >= 0.3 is 12.0 Å². The smallest absolute Gasteiger partial charge is 0.335 e. The molecular formula is C14H20N2O4S. The molecule has 0 radical (unpaired) electrons. The van der Waals surface area contributed by atoms with E-state index in [1.165, 1.54) is 17.0 Å². The molecule has 7 heteroatoms. The maximum Gasteiger partial charge on any atom is 0.335 e. The van der Waals surface area contributed by atoms with Gasteiger partial charge in [0.15, 0.2) is 0 Å². The Hall–Kier alpha value is -1.89. The molecule has 0 aliphatic heterocycles. The molecule has 2 N–H and O–H groups in total. The van der Waals surface area contributed by atoms with Crippen molar-refractivity contribution in [3.05, 3.63) is 35.4 Å². The van der Waals surface area contributed by atoms with E-state index in [0.29, 0.717) is 13.1 Å². The van der Waals surface area contributed by atoms with Gasteiger partial charge in [0.05, 0.1) is 5.56 Å². The van der Waals surface area contributed by atoms with E-state index >= 15 is 0 Å². The Kier molecular flexibility index (Phi) is 6.36. The first-order valence-corrected chi connectivity index (χ1v) is 8.06. The lowest BCUT2D eigenvalue weighted by Gasteiger charge is -2.19. The van der Waals surface area contributed by atoms with E-state index in [1.54, 1.807) is 32.4 Å². The number of carboxylic acids is 1. The van der Waals surface area contributed by atoms with Crippen LogP contribution in [0, 0.1) is 0 Å². The molecule has 2 amide bonds. The van der Waals surface area contributed by atoms with Crippen LogP contribution in [0.25, 0.3) is 0 Å². The quantitative estimate of drug-likeness (QED) is 0.829. The normalized spacial score (nSPS) is 13.3. The summed E-state index contributed by atoms with van der Waals surface area (Å²) in [6, 6.07) is 6.11. The average Bonchev–Trinajstić information content (AvgIpc) is 2.44. The number of hydrogen-bond acceptors (Lipinski definition) is 3. The molecule has 2 unspecified atom stereocenters. The molecule has 0 bridgehead atoms. The van der Waals surface area contributed by atoms with Crippen LogP contribution >= 0.6 is 0 Å². The molecule has 0 aliphatic carbocycles. The average molecular weight is 312 g/mol. The molecule has 0 saturated heterocycles. The van der Waals surface area contributed by atoms with Crippen molar-refractivity contribution in [3.63, 3.8) is 0 Å². The minimum Gasteiger partial charge on any atom is -0.478 e. The van der Waals surface area contributed by atoms with Crippen molar-refractivity contribution >= 4 is 22.8 Å². The highest BCUT2D eigenvalue weighted by atomic mass is 32.2. The Morgan fingerprint density at radius 2 is 1.90 bits per heavy atom. The Morgan fingerprint density at radius 1 is 1.33 bits per heavy atom.